The molecular weight excluding hydrogens is 546 g/mol. The molecule has 10 nitrogen and oxygen atoms in total. The van der Waals surface area contributed by atoms with Crippen LogP contribution in [0, 0.1) is 11.8 Å². The van der Waals surface area contributed by atoms with Crippen LogP contribution in [0.1, 0.15) is 38.2 Å². The second-order valence-electron chi connectivity index (χ2n) is 11.1. The zero-order valence-corrected chi connectivity index (χ0v) is 24.5. The molecule has 0 bridgehead atoms. The summed E-state index contributed by atoms with van der Waals surface area (Å²) in [6.45, 7) is 1.83. The first kappa shape index (κ1) is 31.0. The Bertz CT molecular complexity index is 1270. The summed E-state index contributed by atoms with van der Waals surface area (Å²) < 4.78 is 34.0. The zero-order chi connectivity index (χ0) is 29.6. The van der Waals surface area contributed by atoms with E-state index in [0.717, 1.165) is 31.2 Å². The number of carboxylic acid groups (broad SMARTS) is 1. The first-order valence-corrected chi connectivity index (χ1v) is 15.7. The van der Waals surface area contributed by atoms with Gasteiger partial charge in [-0.2, -0.15) is 4.31 Å². The van der Waals surface area contributed by atoms with Gasteiger partial charge in [-0.1, -0.05) is 43.2 Å². The Labute approximate surface area is 242 Å². The molecular formula is C30H41N3O7S. The number of aliphatic hydroxyl groups excluding tert-OH is 1. The van der Waals surface area contributed by atoms with Crippen molar-refractivity contribution in [1.82, 2.24) is 14.5 Å². The van der Waals surface area contributed by atoms with Crippen LogP contribution in [0.25, 0.3) is 0 Å². The van der Waals surface area contributed by atoms with E-state index in [0.29, 0.717) is 18.7 Å². The van der Waals surface area contributed by atoms with E-state index in [9.17, 15) is 28.2 Å². The van der Waals surface area contributed by atoms with Crippen LogP contribution in [0.5, 0.6) is 5.75 Å². The number of carboxylic acids is 1. The lowest BCUT2D eigenvalue weighted by Crippen LogP contribution is -2.64. The van der Waals surface area contributed by atoms with Crippen LogP contribution in [0.4, 0.5) is 0 Å². The maximum Gasteiger partial charge on any atom is 0.308 e. The Morgan fingerprint density at radius 3 is 2.39 bits per heavy atom. The van der Waals surface area contributed by atoms with Crippen LogP contribution in [0.3, 0.4) is 0 Å². The number of carbonyl (C=O) groups excluding carboxylic acids is 1. The van der Waals surface area contributed by atoms with Crippen LogP contribution >= 0.6 is 0 Å². The van der Waals surface area contributed by atoms with Crippen molar-refractivity contribution in [2.45, 2.75) is 62.1 Å². The van der Waals surface area contributed by atoms with Crippen molar-refractivity contribution >= 4 is 21.9 Å². The molecule has 2 aliphatic rings. The molecule has 4 rings (SSSR count). The van der Waals surface area contributed by atoms with Gasteiger partial charge in [-0.05, 0) is 61.9 Å². The Morgan fingerprint density at radius 2 is 1.78 bits per heavy atom. The number of β-amino-alcohol motifs (C(OH)–C–C–N with tert-alkyl or cyclic N) is 1. The third-order valence-corrected chi connectivity index (χ3v) is 10.1. The van der Waals surface area contributed by atoms with Crippen LogP contribution in [0.2, 0.25) is 0 Å². The fraction of sp³-hybridized carbons (Fsp3) is 0.533. The van der Waals surface area contributed by atoms with Crippen molar-refractivity contribution in [3.05, 3.63) is 60.2 Å². The number of hydrogen-bond acceptors (Lipinski definition) is 7. The van der Waals surface area contributed by atoms with E-state index in [1.54, 1.807) is 12.1 Å². The normalized spacial score (nSPS) is 21.7. The molecule has 1 amide bonds. The zero-order valence-electron chi connectivity index (χ0n) is 23.7. The molecule has 1 heterocycles. The molecule has 2 aromatic rings. The summed E-state index contributed by atoms with van der Waals surface area (Å²) in [7, 11) is -2.43. The Morgan fingerprint density at radius 1 is 1.12 bits per heavy atom. The van der Waals surface area contributed by atoms with Crippen LogP contribution < -0.4 is 10.1 Å². The molecule has 11 heteroatoms. The number of ether oxygens (including phenoxy) is 1. The minimum Gasteiger partial charge on any atom is -0.497 e. The first-order chi connectivity index (χ1) is 19.6. The average Bonchev–Trinajstić information content (AvgIpc) is 3.48. The molecule has 3 unspecified atom stereocenters. The molecule has 0 spiro atoms. The van der Waals surface area contributed by atoms with Gasteiger partial charge >= 0.3 is 5.97 Å². The molecule has 1 saturated carbocycles. The van der Waals surface area contributed by atoms with E-state index in [-0.39, 0.29) is 36.5 Å². The number of amides is 1. The summed E-state index contributed by atoms with van der Waals surface area (Å²) in [4.78, 5) is 26.9. The van der Waals surface area contributed by atoms with E-state index >= 15 is 0 Å². The number of rotatable bonds is 13. The Hall–Kier alpha value is -2.99. The molecule has 4 atom stereocenters. The number of carbonyl (C=O) groups is 2. The molecule has 224 valence electrons. The van der Waals surface area contributed by atoms with E-state index in [1.807, 2.05) is 30.3 Å². The highest BCUT2D eigenvalue weighted by Crippen LogP contribution is 2.29. The predicted octanol–water partition coefficient (Wildman–Crippen LogP) is 2.37. The van der Waals surface area contributed by atoms with Crippen molar-refractivity contribution in [2.75, 3.05) is 33.3 Å². The molecule has 1 aliphatic heterocycles. The van der Waals surface area contributed by atoms with Gasteiger partial charge in [-0.3, -0.25) is 9.59 Å². The lowest BCUT2D eigenvalue weighted by atomic mass is 9.94. The number of sulfonamides is 1. The topological polar surface area (TPSA) is 136 Å². The number of methoxy groups -OCH3 is 1. The van der Waals surface area contributed by atoms with E-state index in [4.69, 9.17) is 4.74 Å². The van der Waals surface area contributed by atoms with Crippen molar-refractivity contribution in [1.29, 1.82) is 0 Å². The van der Waals surface area contributed by atoms with Gasteiger partial charge in [0.05, 0.1) is 24.0 Å². The number of nitrogens with one attached hydrogen (secondary N) is 1. The minimum absolute atomic E-state index is 0.110. The average molecular weight is 588 g/mol. The number of piperazine rings is 1. The highest BCUT2D eigenvalue weighted by molar-refractivity contribution is 7.89. The standard InChI is InChI=1S/C30H41N3O7S/c1-21(30(36)37)28-29(35)33(24(17-31-28)16-22-8-4-3-5-9-22)20-25(34)19-32(18-23-10-6-7-11-23)41(38,39)27-14-12-26(40-2)13-15-27/h3-5,8-9,12-15,21,23-25,28,31,34H,6-7,10-11,16-20H2,1-2H3,(H,36,37)/t21?,24-,25?,28?/m0/s1. The van der Waals surface area contributed by atoms with E-state index < -0.39 is 40.0 Å². The van der Waals surface area contributed by atoms with Crippen molar-refractivity contribution in [3.63, 3.8) is 0 Å². The minimum atomic E-state index is -3.94. The second kappa shape index (κ2) is 13.8. The van der Waals surface area contributed by atoms with Crippen LogP contribution in [-0.4, -0.2) is 91.2 Å². The van der Waals surface area contributed by atoms with Gasteiger partial charge in [0.2, 0.25) is 15.9 Å². The summed E-state index contributed by atoms with van der Waals surface area (Å²) in [6.07, 6.45) is 3.28. The van der Waals surface area contributed by atoms with Gasteiger partial charge in [0, 0.05) is 32.2 Å². The second-order valence-corrected chi connectivity index (χ2v) is 13.1. The summed E-state index contributed by atoms with van der Waals surface area (Å²) in [5.74, 6) is -1.73. The maximum atomic E-state index is 13.8. The van der Waals surface area contributed by atoms with Crippen molar-refractivity contribution < 1.29 is 33.0 Å². The quantitative estimate of drug-likeness (QED) is 0.325. The fourth-order valence-corrected chi connectivity index (χ4v) is 7.38. The lowest BCUT2D eigenvalue weighted by molar-refractivity contribution is -0.151. The molecule has 0 radical (unpaired) electrons. The van der Waals surface area contributed by atoms with Crippen molar-refractivity contribution in [2.24, 2.45) is 11.8 Å². The highest BCUT2D eigenvalue weighted by Gasteiger charge is 2.41. The highest BCUT2D eigenvalue weighted by atomic mass is 32.2. The molecule has 41 heavy (non-hydrogen) atoms. The van der Waals surface area contributed by atoms with Gasteiger partial charge in [0.25, 0.3) is 0 Å². The van der Waals surface area contributed by atoms with E-state index in [2.05, 4.69) is 5.32 Å². The van der Waals surface area contributed by atoms with Crippen LogP contribution in [0.15, 0.2) is 59.5 Å². The summed E-state index contributed by atoms with van der Waals surface area (Å²) in [5.41, 5.74) is 1.00. The third kappa shape index (κ3) is 7.65. The number of nitrogens with zero attached hydrogens (tertiary/aromatic N) is 2. The molecule has 0 aromatic heterocycles. The predicted molar refractivity (Wildman–Crippen MR) is 154 cm³/mol. The molecule has 2 fully saturated rings. The number of hydrogen-bond donors (Lipinski definition) is 3. The summed E-state index contributed by atoms with van der Waals surface area (Å²) in [6, 6.07) is 14.5. The lowest BCUT2D eigenvalue weighted by Gasteiger charge is -2.42. The number of aliphatic carboxylic acids is 1. The van der Waals surface area contributed by atoms with Gasteiger partial charge < -0.3 is 25.2 Å². The number of aliphatic hydroxyl groups is 1. The maximum absolute atomic E-state index is 13.8. The van der Waals surface area contributed by atoms with E-state index in [1.165, 1.54) is 35.4 Å². The van der Waals surface area contributed by atoms with Gasteiger partial charge in [0.1, 0.15) is 11.8 Å². The monoisotopic (exact) mass is 587 g/mol. The Balaban J connectivity index is 1.56. The summed E-state index contributed by atoms with van der Waals surface area (Å²) in [5, 5.41) is 24.0. The molecule has 3 N–H and O–H groups in total. The van der Waals surface area contributed by atoms with Gasteiger partial charge in [0.15, 0.2) is 0 Å². The summed E-state index contributed by atoms with van der Waals surface area (Å²) >= 11 is 0. The third-order valence-electron chi connectivity index (χ3n) is 8.22. The Kier molecular flexibility index (Phi) is 10.4. The van der Waals surface area contributed by atoms with Crippen molar-refractivity contribution in [3.8, 4) is 5.75 Å². The SMILES string of the molecule is COc1ccc(S(=O)(=O)N(CC(O)CN2C(=O)C(C(C)C(=O)O)NC[C@@H]2Cc2ccccc2)CC2CCCC2)cc1. The largest absolute Gasteiger partial charge is 0.497 e. The smallest absolute Gasteiger partial charge is 0.308 e. The fourth-order valence-electron chi connectivity index (χ4n) is 5.83. The van der Waals surface area contributed by atoms with Gasteiger partial charge in [-0.25, -0.2) is 8.42 Å². The van der Waals surface area contributed by atoms with Gasteiger partial charge in [-0.15, -0.1) is 0 Å². The first-order valence-electron chi connectivity index (χ1n) is 14.2. The molecule has 1 aliphatic carbocycles. The van der Waals surface area contributed by atoms with Crippen LogP contribution in [-0.2, 0) is 26.0 Å². The number of benzene rings is 2. The molecule has 2 aromatic carbocycles. The molecule has 1 saturated heterocycles.